The number of nitrogens with zero attached hydrogens (tertiary/aromatic N) is 2. The molecule has 1 aliphatic carbocycles. The summed E-state index contributed by atoms with van der Waals surface area (Å²) in [5.41, 5.74) is -1.89. The van der Waals surface area contributed by atoms with Crippen LogP contribution >= 0.6 is 34.8 Å². The van der Waals surface area contributed by atoms with E-state index in [1.165, 1.54) is 30.9 Å². The standard InChI is InChI=1S/C29H31Cl3F3N3O2/c1-37(27(40)20-5-6-23(30)21(12-20)29(33,34)35)28(16-36-14-22(28)19-4-7-24(31)25(32)13-19)26(39)18-8-10-38(11-9-18)15-17-2-3-17/h4-7,12-13,17-18,22,36H,2-3,8-11,14-16H2,1H3/t22-,28+/m0/s1. The fourth-order valence-electron chi connectivity index (χ4n) is 6.25. The lowest BCUT2D eigenvalue weighted by molar-refractivity contribution is -0.137. The van der Waals surface area contributed by atoms with E-state index in [9.17, 15) is 22.8 Å². The molecule has 0 radical (unpaired) electrons. The third-order valence-corrected chi connectivity index (χ3v) is 9.75. The molecule has 2 aromatic carbocycles. The Morgan fingerprint density at radius 3 is 2.30 bits per heavy atom. The second-order valence-electron chi connectivity index (χ2n) is 11.2. The molecule has 0 spiro atoms. The van der Waals surface area contributed by atoms with Crippen molar-refractivity contribution in [2.24, 2.45) is 11.8 Å². The normalized spacial score (nSPS) is 24.3. The predicted molar refractivity (Wildman–Crippen MR) is 150 cm³/mol. The van der Waals surface area contributed by atoms with Crippen molar-refractivity contribution in [1.82, 2.24) is 15.1 Å². The summed E-state index contributed by atoms with van der Waals surface area (Å²) in [5.74, 6) is -0.785. The highest BCUT2D eigenvalue weighted by molar-refractivity contribution is 6.42. The third-order valence-electron chi connectivity index (χ3n) is 8.69. The molecule has 2 heterocycles. The second kappa shape index (κ2) is 11.4. The van der Waals surface area contributed by atoms with Crippen LogP contribution in [0.3, 0.4) is 0 Å². The minimum absolute atomic E-state index is 0.0829. The molecule has 3 aliphatic rings. The van der Waals surface area contributed by atoms with Gasteiger partial charge < -0.3 is 15.1 Å². The molecule has 0 bridgehead atoms. The van der Waals surface area contributed by atoms with Crippen molar-refractivity contribution in [1.29, 1.82) is 0 Å². The molecular weight excluding hydrogens is 586 g/mol. The zero-order valence-corrected chi connectivity index (χ0v) is 24.3. The fourth-order valence-corrected chi connectivity index (χ4v) is 6.78. The molecule has 11 heteroatoms. The van der Waals surface area contributed by atoms with Crippen LogP contribution in [0.25, 0.3) is 0 Å². The van der Waals surface area contributed by atoms with Gasteiger partial charge in [-0.15, -0.1) is 0 Å². The van der Waals surface area contributed by atoms with Crippen molar-refractivity contribution in [2.45, 2.75) is 43.3 Å². The summed E-state index contributed by atoms with van der Waals surface area (Å²) in [4.78, 5) is 32.2. The largest absolute Gasteiger partial charge is 0.417 e. The summed E-state index contributed by atoms with van der Waals surface area (Å²) >= 11 is 18.3. The number of piperidine rings is 1. The highest BCUT2D eigenvalue weighted by atomic mass is 35.5. The molecule has 2 aliphatic heterocycles. The zero-order valence-electron chi connectivity index (χ0n) is 22.0. The number of rotatable bonds is 7. The Bertz CT molecular complexity index is 1300. The van der Waals surface area contributed by atoms with Gasteiger partial charge in [-0.2, -0.15) is 13.2 Å². The van der Waals surface area contributed by atoms with Crippen molar-refractivity contribution in [2.75, 3.05) is 39.8 Å². The lowest BCUT2D eigenvalue weighted by Gasteiger charge is -2.45. The van der Waals surface area contributed by atoms with Crippen LogP contribution in [0.15, 0.2) is 36.4 Å². The maximum absolute atomic E-state index is 14.5. The Labute approximate surface area is 246 Å². The first kappa shape index (κ1) is 29.6. The van der Waals surface area contributed by atoms with E-state index in [1.807, 2.05) is 0 Å². The van der Waals surface area contributed by atoms with Gasteiger partial charge in [-0.3, -0.25) is 9.59 Å². The van der Waals surface area contributed by atoms with Gasteiger partial charge in [0.05, 0.1) is 20.6 Å². The van der Waals surface area contributed by atoms with Crippen molar-refractivity contribution < 1.29 is 22.8 Å². The number of carbonyl (C=O) groups is 2. The van der Waals surface area contributed by atoms with Crippen molar-refractivity contribution in [3.8, 4) is 0 Å². The lowest BCUT2D eigenvalue weighted by Crippen LogP contribution is -2.62. The number of ketones is 1. The summed E-state index contributed by atoms with van der Waals surface area (Å²) in [6, 6.07) is 8.23. The average molecular weight is 617 g/mol. The van der Waals surface area contributed by atoms with E-state index in [0.717, 1.165) is 43.2 Å². The van der Waals surface area contributed by atoms with Crippen LogP contribution in [0.5, 0.6) is 0 Å². The van der Waals surface area contributed by atoms with Crippen LogP contribution in [0, 0.1) is 11.8 Å². The molecule has 3 fully saturated rings. The number of alkyl halides is 3. The Morgan fingerprint density at radius 2 is 1.68 bits per heavy atom. The molecule has 2 aromatic rings. The molecule has 1 saturated carbocycles. The first-order valence-corrected chi connectivity index (χ1v) is 14.6. The van der Waals surface area contributed by atoms with E-state index in [4.69, 9.17) is 34.8 Å². The number of hydrogen-bond acceptors (Lipinski definition) is 4. The molecule has 216 valence electrons. The molecule has 1 amide bonds. The van der Waals surface area contributed by atoms with Crippen LogP contribution < -0.4 is 5.32 Å². The number of carbonyl (C=O) groups excluding carboxylic acids is 2. The number of likely N-dealkylation sites (tertiary alicyclic amines) is 1. The van der Waals surface area contributed by atoms with Crippen LogP contribution in [-0.2, 0) is 11.0 Å². The topological polar surface area (TPSA) is 52.7 Å². The molecule has 0 unspecified atom stereocenters. The van der Waals surface area contributed by atoms with Crippen LogP contribution in [0.2, 0.25) is 15.1 Å². The van der Waals surface area contributed by atoms with Gasteiger partial charge in [-0.1, -0.05) is 40.9 Å². The van der Waals surface area contributed by atoms with Gasteiger partial charge in [0.1, 0.15) is 5.54 Å². The smallest absolute Gasteiger partial charge is 0.327 e. The SMILES string of the molecule is CN(C(=O)c1ccc(Cl)c(C(F)(F)F)c1)[C@]1(C(=O)C2CCN(CC3CC3)CC2)CNC[C@H]1c1ccc(Cl)c(Cl)c1. The van der Waals surface area contributed by atoms with E-state index in [1.54, 1.807) is 18.2 Å². The van der Waals surface area contributed by atoms with Gasteiger partial charge in [-0.25, -0.2) is 0 Å². The number of benzene rings is 2. The quantitative estimate of drug-likeness (QED) is 0.383. The number of hydrogen-bond donors (Lipinski definition) is 1. The molecule has 5 rings (SSSR count). The molecule has 40 heavy (non-hydrogen) atoms. The highest BCUT2D eigenvalue weighted by Gasteiger charge is 2.56. The average Bonchev–Trinajstić information content (AvgIpc) is 3.63. The van der Waals surface area contributed by atoms with Crippen molar-refractivity contribution in [3.05, 3.63) is 68.2 Å². The van der Waals surface area contributed by atoms with Crippen molar-refractivity contribution >= 4 is 46.5 Å². The van der Waals surface area contributed by atoms with Gasteiger partial charge in [0, 0.05) is 44.1 Å². The first-order chi connectivity index (χ1) is 18.9. The minimum Gasteiger partial charge on any atom is -0.327 e. The zero-order chi connectivity index (χ0) is 28.8. The van der Waals surface area contributed by atoms with Gasteiger partial charge in [0.2, 0.25) is 0 Å². The number of halogens is 6. The van der Waals surface area contributed by atoms with Gasteiger partial charge in [0.15, 0.2) is 5.78 Å². The molecule has 1 N–H and O–H groups in total. The molecule has 0 aromatic heterocycles. The Kier molecular flexibility index (Phi) is 8.48. The summed E-state index contributed by atoms with van der Waals surface area (Å²) in [6.07, 6.45) is -0.879. The Balaban J connectivity index is 1.51. The number of likely N-dealkylation sites (N-methyl/N-ethyl adjacent to an activating group) is 1. The number of nitrogens with one attached hydrogen (secondary N) is 1. The second-order valence-corrected chi connectivity index (χ2v) is 12.4. The van der Waals surface area contributed by atoms with Crippen LogP contribution in [0.1, 0.15) is 53.1 Å². The molecular formula is C29H31Cl3F3N3O2. The maximum atomic E-state index is 14.5. The Hall–Kier alpha value is -1.84. The maximum Gasteiger partial charge on any atom is 0.417 e. The number of Topliss-reactive ketones (excluding diaryl/α,β-unsaturated/α-hetero) is 1. The Morgan fingerprint density at radius 1 is 1.00 bits per heavy atom. The minimum atomic E-state index is -4.73. The van der Waals surface area contributed by atoms with Gasteiger partial charge in [-0.05, 0) is 80.6 Å². The van der Waals surface area contributed by atoms with E-state index in [0.29, 0.717) is 29.4 Å². The van der Waals surface area contributed by atoms with Gasteiger partial charge in [0.25, 0.3) is 5.91 Å². The predicted octanol–water partition coefficient (Wildman–Crippen LogP) is 6.55. The van der Waals surface area contributed by atoms with E-state index >= 15 is 0 Å². The third kappa shape index (κ3) is 5.75. The molecule has 5 nitrogen and oxygen atoms in total. The fraction of sp³-hybridized carbons (Fsp3) is 0.517. The van der Waals surface area contributed by atoms with E-state index in [2.05, 4.69) is 10.2 Å². The highest BCUT2D eigenvalue weighted by Crippen LogP contribution is 2.43. The van der Waals surface area contributed by atoms with Crippen molar-refractivity contribution in [3.63, 3.8) is 0 Å². The van der Waals surface area contributed by atoms with E-state index in [-0.39, 0.29) is 23.8 Å². The number of amides is 1. The van der Waals surface area contributed by atoms with Gasteiger partial charge >= 0.3 is 6.18 Å². The monoisotopic (exact) mass is 615 g/mol. The summed E-state index contributed by atoms with van der Waals surface area (Å²) in [6.45, 7) is 3.21. The molecule has 2 atom stereocenters. The summed E-state index contributed by atoms with van der Waals surface area (Å²) < 4.78 is 40.8. The van der Waals surface area contributed by atoms with E-state index < -0.39 is 34.1 Å². The van der Waals surface area contributed by atoms with Crippen LogP contribution in [-0.4, -0.2) is 66.8 Å². The lowest BCUT2D eigenvalue weighted by atomic mass is 9.71. The summed E-state index contributed by atoms with van der Waals surface area (Å²) in [7, 11) is 1.50. The summed E-state index contributed by atoms with van der Waals surface area (Å²) in [5, 5.41) is 3.48. The van der Waals surface area contributed by atoms with Crippen LogP contribution in [0.4, 0.5) is 13.2 Å². The first-order valence-electron chi connectivity index (χ1n) is 13.5. The molecule has 2 saturated heterocycles.